The molecule has 0 amide bonds. The fourth-order valence-electron chi connectivity index (χ4n) is 2.78. The van der Waals surface area contributed by atoms with Gasteiger partial charge in [0.2, 0.25) is 0 Å². The topological polar surface area (TPSA) is 21.3 Å². The Morgan fingerprint density at radius 3 is 1.74 bits per heavy atom. The van der Waals surface area contributed by atoms with Crippen molar-refractivity contribution in [2.75, 3.05) is 11.7 Å². The summed E-state index contributed by atoms with van der Waals surface area (Å²) in [5.41, 5.74) is 5.02. The SMILES string of the molecule is CCO/C(Cl)=C/P(Cl)Nc1c(C(C)(C)C)cc(C(C)(C)C)cc1C(C)(C)C. The minimum atomic E-state index is -1.17. The van der Waals surface area contributed by atoms with Gasteiger partial charge in [0.1, 0.15) is 7.43 Å². The minimum absolute atomic E-state index is 0.0237. The van der Waals surface area contributed by atoms with E-state index in [1.165, 1.54) is 16.7 Å². The lowest BCUT2D eigenvalue weighted by Gasteiger charge is -2.34. The van der Waals surface area contributed by atoms with Crippen molar-refractivity contribution in [3.63, 3.8) is 0 Å². The third-order valence-electron chi connectivity index (χ3n) is 4.34. The number of benzene rings is 1. The molecule has 0 saturated heterocycles. The lowest BCUT2D eigenvalue weighted by Crippen LogP contribution is -2.23. The highest BCUT2D eigenvalue weighted by molar-refractivity contribution is 7.87. The molecule has 27 heavy (non-hydrogen) atoms. The molecule has 1 aromatic carbocycles. The predicted octanol–water partition coefficient (Wildman–Crippen LogP) is 8.62. The largest absolute Gasteiger partial charge is 0.483 e. The second kappa shape index (κ2) is 8.93. The van der Waals surface area contributed by atoms with Gasteiger partial charge in [-0.25, -0.2) is 0 Å². The van der Waals surface area contributed by atoms with Gasteiger partial charge in [0.15, 0.2) is 5.22 Å². The first-order valence-corrected chi connectivity index (χ1v) is 12.2. The van der Waals surface area contributed by atoms with Crippen LogP contribution in [-0.2, 0) is 21.0 Å². The van der Waals surface area contributed by atoms with Crippen LogP contribution in [0, 0.1) is 0 Å². The van der Waals surface area contributed by atoms with Gasteiger partial charge in [-0.2, -0.15) is 0 Å². The van der Waals surface area contributed by atoms with Crippen molar-refractivity contribution >= 4 is 36.0 Å². The number of halogens is 2. The van der Waals surface area contributed by atoms with Crippen LogP contribution >= 0.6 is 30.3 Å². The monoisotopic (exact) mass is 431 g/mol. The van der Waals surface area contributed by atoms with Gasteiger partial charge < -0.3 is 9.82 Å². The van der Waals surface area contributed by atoms with Crippen LogP contribution in [-0.4, -0.2) is 6.61 Å². The fourth-order valence-corrected chi connectivity index (χ4v) is 4.62. The van der Waals surface area contributed by atoms with Gasteiger partial charge in [-0.15, -0.1) is 0 Å². The number of anilines is 1. The Kier molecular flexibility index (Phi) is 8.14. The van der Waals surface area contributed by atoms with Crippen LogP contribution in [0.25, 0.3) is 0 Å². The molecule has 0 aliphatic rings. The van der Waals surface area contributed by atoms with E-state index in [1.807, 2.05) is 6.92 Å². The number of nitrogens with one attached hydrogen (secondary N) is 1. The zero-order valence-corrected chi connectivity index (χ0v) is 21.0. The summed E-state index contributed by atoms with van der Waals surface area (Å²) >= 11 is 12.7. The molecular weight excluding hydrogens is 396 g/mol. The Morgan fingerprint density at radius 1 is 0.963 bits per heavy atom. The maximum atomic E-state index is 6.63. The van der Waals surface area contributed by atoms with Crippen LogP contribution in [0.3, 0.4) is 0 Å². The molecule has 0 fully saturated rings. The summed E-state index contributed by atoms with van der Waals surface area (Å²) in [5, 5.41) is 3.89. The van der Waals surface area contributed by atoms with Crippen molar-refractivity contribution in [2.45, 2.75) is 85.5 Å². The maximum absolute atomic E-state index is 6.63. The fraction of sp³-hybridized carbons (Fsp3) is 0.636. The average Bonchev–Trinajstić information content (AvgIpc) is 2.43. The standard InChI is InChI=1S/C22H36Cl2NOP/c1-11-26-18(23)14-27(24)25-19-16(21(5,6)7)12-15(20(2,3)4)13-17(19)22(8,9)10/h12-14,25H,11H2,1-10H3/b18-14+. The highest BCUT2D eigenvalue weighted by atomic mass is 35.7. The molecule has 0 heterocycles. The van der Waals surface area contributed by atoms with E-state index < -0.39 is 7.43 Å². The van der Waals surface area contributed by atoms with Crippen LogP contribution in [0.1, 0.15) is 85.9 Å². The van der Waals surface area contributed by atoms with E-state index in [-0.39, 0.29) is 16.2 Å². The molecule has 1 atom stereocenters. The average molecular weight is 432 g/mol. The van der Waals surface area contributed by atoms with E-state index >= 15 is 0 Å². The van der Waals surface area contributed by atoms with E-state index in [9.17, 15) is 0 Å². The van der Waals surface area contributed by atoms with Gasteiger partial charge in [0.05, 0.1) is 6.61 Å². The first-order chi connectivity index (χ1) is 12.1. The van der Waals surface area contributed by atoms with Crippen molar-refractivity contribution < 1.29 is 4.74 Å². The second-order valence-electron chi connectivity index (χ2n) is 9.99. The van der Waals surface area contributed by atoms with Gasteiger partial charge in [0.25, 0.3) is 0 Å². The molecule has 0 radical (unpaired) electrons. The molecule has 1 aromatic rings. The Labute approximate surface area is 177 Å². The molecule has 1 N–H and O–H groups in total. The van der Waals surface area contributed by atoms with Gasteiger partial charge in [-0.05, 0) is 51.5 Å². The normalized spacial score (nSPS) is 14.9. The number of ether oxygens (including phenoxy) is 1. The zero-order valence-electron chi connectivity index (χ0n) is 18.6. The van der Waals surface area contributed by atoms with Crippen molar-refractivity contribution in [1.82, 2.24) is 0 Å². The summed E-state index contributed by atoms with van der Waals surface area (Å²) in [6.45, 7) is 22.7. The smallest absolute Gasteiger partial charge is 0.190 e. The van der Waals surface area contributed by atoms with E-state index in [4.69, 9.17) is 27.6 Å². The first kappa shape index (κ1) is 24.6. The molecule has 0 spiro atoms. The predicted molar refractivity (Wildman–Crippen MR) is 124 cm³/mol. The quantitative estimate of drug-likeness (QED) is 0.371. The van der Waals surface area contributed by atoms with Crippen LogP contribution < -0.4 is 5.09 Å². The van der Waals surface area contributed by atoms with E-state index in [0.29, 0.717) is 11.8 Å². The molecule has 2 nitrogen and oxygen atoms in total. The summed E-state index contributed by atoms with van der Waals surface area (Å²) < 4.78 is 5.33. The molecule has 1 unspecified atom stereocenters. The van der Waals surface area contributed by atoms with Crippen molar-refractivity contribution in [2.24, 2.45) is 0 Å². The highest BCUT2D eigenvalue weighted by Crippen LogP contribution is 2.50. The summed E-state index contributed by atoms with van der Waals surface area (Å²) in [6.07, 6.45) is 0. The van der Waals surface area contributed by atoms with Gasteiger partial charge >= 0.3 is 0 Å². The number of rotatable bonds is 5. The Morgan fingerprint density at radius 2 is 1.41 bits per heavy atom. The molecule has 0 bridgehead atoms. The van der Waals surface area contributed by atoms with Gasteiger partial charge in [-0.1, -0.05) is 85.7 Å². The Hall–Kier alpha value is -0.430. The summed E-state index contributed by atoms with van der Waals surface area (Å²) in [6, 6.07) is 4.65. The molecule has 0 aliphatic heterocycles. The molecular formula is C22H36Cl2NOP. The summed E-state index contributed by atoms with van der Waals surface area (Å²) in [5.74, 6) is 1.76. The lowest BCUT2D eigenvalue weighted by molar-refractivity contribution is 0.256. The summed E-state index contributed by atoms with van der Waals surface area (Å²) in [4.78, 5) is 0. The minimum Gasteiger partial charge on any atom is -0.483 e. The van der Waals surface area contributed by atoms with E-state index in [2.05, 4.69) is 79.5 Å². The summed E-state index contributed by atoms with van der Waals surface area (Å²) in [7, 11) is -1.17. The van der Waals surface area contributed by atoms with Crippen molar-refractivity contribution in [1.29, 1.82) is 0 Å². The lowest BCUT2D eigenvalue weighted by atomic mass is 9.74. The van der Waals surface area contributed by atoms with Crippen molar-refractivity contribution in [3.8, 4) is 0 Å². The van der Waals surface area contributed by atoms with E-state index in [0.717, 1.165) is 5.69 Å². The molecule has 154 valence electrons. The van der Waals surface area contributed by atoms with Crippen LogP contribution in [0.15, 0.2) is 23.2 Å². The maximum Gasteiger partial charge on any atom is 0.190 e. The third-order valence-corrected chi connectivity index (χ3v) is 6.15. The van der Waals surface area contributed by atoms with Crippen molar-refractivity contribution in [3.05, 3.63) is 39.9 Å². The van der Waals surface area contributed by atoms with Crippen LogP contribution in [0.4, 0.5) is 5.69 Å². The zero-order chi connectivity index (χ0) is 21.2. The molecule has 0 saturated carbocycles. The number of hydrogen-bond donors (Lipinski definition) is 1. The first-order valence-electron chi connectivity index (χ1n) is 9.48. The number of hydrogen-bond acceptors (Lipinski definition) is 2. The van der Waals surface area contributed by atoms with E-state index in [1.54, 1.807) is 5.82 Å². The Balaban J connectivity index is 3.62. The Bertz CT molecular complexity index is 644. The molecule has 0 aromatic heterocycles. The van der Waals surface area contributed by atoms with Crippen LogP contribution in [0.5, 0.6) is 0 Å². The van der Waals surface area contributed by atoms with Gasteiger partial charge in [0, 0.05) is 11.5 Å². The molecule has 5 heteroatoms. The second-order valence-corrected chi connectivity index (χ2v) is 12.6. The van der Waals surface area contributed by atoms with Gasteiger partial charge in [-0.3, -0.25) is 0 Å². The molecule has 0 aliphatic carbocycles. The highest BCUT2D eigenvalue weighted by Gasteiger charge is 2.29. The third kappa shape index (κ3) is 7.15. The van der Waals surface area contributed by atoms with Crippen LogP contribution in [0.2, 0.25) is 0 Å². The molecule has 1 rings (SSSR count).